The normalized spacial score (nSPS) is 15.1. The molecule has 2 heterocycles. The summed E-state index contributed by atoms with van der Waals surface area (Å²) in [6.07, 6.45) is 0.418. The zero-order chi connectivity index (χ0) is 9.97. The summed E-state index contributed by atoms with van der Waals surface area (Å²) in [6.45, 7) is 3.63. The van der Waals surface area contributed by atoms with Crippen molar-refractivity contribution in [3.05, 3.63) is 21.9 Å². The summed E-state index contributed by atoms with van der Waals surface area (Å²) in [5.41, 5.74) is 1.07. The first-order valence-corrected chi connectivity index (χ1v) is 5.50. The third-order valence-electron chi connectivity index (χ3n) is 2.19. The zero-order valence-electron chi connectivity index (χ0n) is 8.04. The molecule has 0 saturated carbocycles. The van der Waals surface area contributed by atoms with Crippen molar-refractivity contribution in [1.29, 1.82) is 0 Å². The van der Waals surface area contributed by atoms with Gasteiger partial charge in [0.25, 0.3) is 0 Å². The van der Waals surface area contributed by atoms with Crippen molar-refractivity contribution in [2.45, 2.75) is 13.3 Å². The van der Waals surface area contributed by atoms with E-state index in [0.29, 0.717) is 6.42 Å². The van der Waals surface area contributed by atoms with Crippen molar-refractivity contribution in [3.63, 3.8) is 0 Å². The number of aliphatic imine (C=N–C) groups is 1. The van der Waals surface area contributed by atoms with Crippen molar-refractivity contribution >= 4 is 23.0 Å². The number of carbonyl (C=O) groups excluding carboxylic acids is 1. The molecule has 1 N–H and O–H groups in total. The molecular formula is C10H12N2OS. The van der Waals surface area contributed by atoms with Crippen LogP contribution < -0.4 is 5.32 Å². The summed E-state index contributed by atoms with van der Waals surface area (Å²) in [5.74, 6) is 1.01. The summed E-state index contributed by atoms with van der Waals surface area (Å²) in [6, 6.07) is 1.97. The minimum absolute atomic E-state index is 0.172. The van der Waals surface area contributed by atoms with E-state index < -0.39 is 0 Å². The number of Topliss-reactive ketones (excluding diaryl/α,β-unsaturated/α-hetero) is 1. The van der Waals surface area contributed by atoms with Crippen LogP contribution in [0.1, 0.15) is 21.7 Å². The van der Waals surface area contributed by atoms with Gasteiger partial charge >= 0.3 is 0 Å². The van der Waals surface area contributed by atoms with Crippen LogP contribution in [0.5, 0.6) is 0 Å². The van der Waals surface area contributed by atoms with Gasteiger partial charge in [-0.15, -0.1) is 11.3 Å². The van der Waals surface area contributed by atoms with Crippen LogP contribution in [-0.4, -0.2) is 24.7 Å². The van der Waals surface area contributed by atoms with E-state index >= 15 is 0 Å². The third kappa shape index (κ3) is 1.85. The third-order valence-corrected chi connectivity index (χ3v) is 3.24. The summed E-state index contributed by atoms with van der Waals surface area (Å²) >= 11 is 1.51. The minimum atomic E-state index is 0.172. The molecule has 0 saturated heterocycles. The van der Waals surface area contributed by atoms with Crippen LogP contribution >= 0.6 is 11.3 Å². The van der Waals surface area contributed by atoms with E-state index in [1.54, 1.807) is 0 Å². The number of amidine groups is 1. The second kappa shape index (κ2) is 3.92. The molecule has 14 heavy (non-hydrogen) atoms. The monoisotopic (exact) mass is 208 g/mol. The maximum absolute atomic E-state index is 11.8. The number of thiophene rings is 1. The fraction of sp³-hybridized carbons (Fsp3) is 0.400. The predicted octanol–water partition coefficient (Wildman–Crippen LogP) is 1.63. The fourth-order valence-electron chi connectivity index (χ4n) is 1.46. The molecule has 4 heteroatoms. The van der Waals surface area contributed by atoms with Crippen LogP contribution in [0.25, 0.3) is 0 Å². The van der Waals surface area contributed by atoms with Crippen molar-refractivity contribution in [2.75, 3.05) is 13.1 Å². The second-order valence-corrected chi connectivity index (χ2v) is 4.20. The Hall–Kier alpha value is -1.16. The molecule has 0 bridgehead atoms. The maximum Gasteiger partial charge on any atom is 0.180 e. The van der Waals surface area contributed by atoms with E-state index in [1.807, 2.05) is 18.4 Å². The van der Waals surface area contributed by atoms with Gasteiger partial charge < -0.3 is 5.32 Å². The highest BCUT2D eigenvalue weighted by atomic mass is 32.1. The first kappa shape index (κ1) is 9.40. The van der Waals surface area contributed by atoms with Gasteiger partial charge in [-0.1, -0.05) is 0 Å². The molecule has 74 valence electrons. The number of aryl methyl sites for hydroxylation is 1. The van der Waals surface area contributed by atoms with Crippen LogP contribution in [0.2, 0.25) is 0 Å². The van der Waals surface area contributed by atoms with Gasteiger partial charge in [0.15, 0.2) is 5.78 Å². The van der Waals surface area contributed by atoms with E-state index in [-0.39, 0.29) is 5.78 Å². The van der Waals surface area contributed by atoms with E-state index in [0.717, 1.165) is 29.4 Å². The molecule has 1 aromatic heterocycles. The zero-order valence-corrected chi connectivity index (χ0v) is 8.86. The molecule has 1 aliphatic heterocycles. The molecule has 1 aliphatic rings. The largest absolute Gasteiger partial charge is 0.372 e. The van der Waals surface area contributed by atoms with E-state index in [4.69, 9.17) is 0 Å². The Morgan fingerprint density at radius 1 is 1.71 bits per heavy atom. The SMILES string of the molecule is Cc1ccsc1C(=O)CC1=NCCN1. The molecule has 0 radical (unpaired) electrons. The van der Waals surface area contributed by atoms with Crippen molar-refractivity contribution in [2.24, 2.45) is 4.99 Å². The molecule has 2 rings (SSSR count). The van der Waals surface area contributed by atoms with Gasteiger partial charge in [0.2, 0.25) is 0 Å². The van der Waals surface area contributed by atoms with E-state index in [9.17, 15) is 4.79 Å². The van der Waals surface area contributed by atoms with Gasteiger partial charge in [0.1, 0.15) is 5.84 Å². The average Bonchev–Trinajstić information content (AvgIpc) is 2.75. The Morgan fingerprint density at radius 3 is 3.14 bits per heavy atom. The number of nitrogens with zero attached hydrogens (tertiary/aromatic N) is 1. The molecule has 0 spiro atoms. The lowest BCUT2D eigenvalue weighted by molar-refractivity contribution is 0.100. The Morgan fingerprint density at radius 2 is 2.57 bits per heavy atom. The highest BCUT2D eigenvalue weighted by Gasteiger charge is 2.15. The Bertz CT molecular complexity index is 381. The molecule has 1 aromatic rings. The molecular weight excluding hydrogens is 196 g/mol. The molecule has 0 aliphatic carbocycles. The Labute approximate surface area is 86.9 Å². The number of rotatable bonds is 3. The topological polar surface area (TPSA) is 41.5 Å². The number of carbonyl (C=O) groups is 1. The van der Waals surface area contributed by atoms with Crippen LogP contribution in [0.3, 0.4) is 0 Å². The number of ketones is 1. The average molecular weight is 208 g/mol. The molecule has 0 aromatic carbocycles. The first-order valence-electron chi connectivity index (χ1n) is 4.62. The lowest BCUT2D eigenvalue weighted by Crippen LogP contribution is -2.21. The Balaban J connectivity index is 2.06. The summed E-state index contributed by atoms with van der Waals surface area (Å²) in [7, 11) is 0. The quantitative estimate of drug-likeness (QED) is 0.767. The molecule has 3 nitrogen and oxygen atoms in total. The Kier molecular flexibility index (Phi) is 2.63. The molecule has 0 unspecified atom stereocenters. The maximum atomic E-state index is 11.8. The fourth-order valence-corrected chi connectivity index (χ4v) is 2.32. The number of hydrogen-bond acceptors (Lipinski definition) is 4. The van der Waals surface area contributed by atoms with Crippen LogP contribution in [0, 0.1) is 6.92 Å². The van der Waals surface area contributed by atoms with E-state index in [1.165, 1.54) is 11.3 Å². The summed E-state index contributed by atoms with van der Waals surface area (Å²) in [4.78, 5) is 16.8. The smallest absolute Gasteiger partial charge is 0.180 e. The van der Waals surface area contributed by atoms with Crippen LogP contribution in [0.4, 0.5) is 0 Å². The standard InChI is InChI=1S/C10H12N2OS/c1-7-2-5-14-10(7)8(13)6-9-11-3-4-12-9/h2,5H,3-4,6H2,1H3,(H,11,12). The highest BCUT2D eigenvalue weighted by Crippen LogP contribution is 2.17. The van der Waals surface area contributed by atoms with Crippen molar-refractivity contribution in [3.8, 4) is 0 Å². The van der Waals surface area contributed by atoms with Gasteiger partial charge in [0, 0.05) is 6.54 Å². The van der Waals surface area contributed by atoms with Gasteiger partial charge in [0.05, 0.1) is 17.8 Å². The summed E-state index contributed by atoms with van der Waals surface area (Å²) in [5, 5.41) is 5.05. The van der Waals surface area contributed by atoms with Crippen molar-refractivity contribution < 1.29 is 4.79 Å². The molecule has 0 amide bonds. The summed E-state index contributed by atoms with van der Waals surface area (Å²) < 4.78 is 0. The second-order valence-electron chi connectivity index (χ2n) is 3.29. The van der Waals surface area contributed by atoms with Gasteiger partial charge in [-0.3, -0.25) is 9.79 Å². The first-order chi connectivity index (χ1) is 6.77. The lowest BCUT2D eigenvalue weighted by Gasteiger charge is -2.00. The van der Waals surface area contributed by atoms with Gasteiger partial charge in [-0.25, -0.2) is 0 Å². The van der Waals surface area contributed by atoms with Gasteiger partial charge in [-0.2, -0.15) is 0 Å². The molecule has 0 fully saturated rings. The van der Waals surface area contributed by atoms with Gasteiger partial charge in [-0.05, 0) is 23.9 Å². The number of hydrogen-bond donors (Lipinski definition) is 1. The highest BCUT2D eigenvalue weighted by molar-refractivity contribution is 7.12. The number of nitrogens with one attached hydrogen (secondary N) is 1. The predicted molar refractivity (Wildman–Crippen MR) is 58.3 cm³/mol. The van der Waals surface area contributed by atoms with E-state index in [2.05, 4.69) is 10.3 Å². The van der Waals surface area contributed by atoms with Crippen LogP contribution in [-0.2, 0) is 0 Å². The lowest BCUT2D eigenvalue weighted by atomic mass is 10.1. The molecule has 0 atom stereocenters. The van der Waals surface area contributed by atoms with Crippen LogP contribution in [0.15, 0.2) is 16.4 Å². The minimum Gasteiger partial charge on any atom is -0.372 e. The van der Waals surface area contributed by atoms with Crippen molar-refractivity contribution in [1.82, 2.24) is 5.32 Å².